The van der Waals surface area contributed by atoms with E-state index in [0.717, 1.165) is 0 Å². The van der Waals surface area contributed by atoms with Crippen LogP contribution in [0.25, 0.3) is 0 Å². The first-order valence-corrected chi connectivity index (χ1v) is 6.54. The molecule has 0 aliphatic carbocycles. The zero-order chi connectivity index (χ0) is 14.5. The lowest BCUT2D eigenvalue weighted by Crippen LogP contribution is -2.50. The molecule has 2 rings (SSSR count). The van der Waals surface area contributed by atoms with Crippen molar-refractivity contribution in [2.75, 3.05) is 38.0 Å². The van der Waals surface area contributed by atoms with Crippen LogP contribution in [0, 0.1) is 0 Å². The summed E-state index contributed by atoms with van der Waals surface area (Å²) < 4.78 is 1.62. The van der Waals surface area contributed by atoms with Crippen LogP contribution >= 0.6 is 0 Å². The monoisotopic (exact) mass is 281 g/mol. The van der Waals surface area contributed by atoms with E-state index in [0.29, 0.717) is 38.5 Å². The molecule has 8 heteroatoms. The molecule has 0 unspecified atom stereocenters. The molecule has 0 aromatic carbocycles. The van der Waals surface area contributed by atoms with Crippen LogP contribution in [0.1, 0.15) is 6.42 Å². The van der Waals surface area contributed by atoms with E-state index in [9.17, 15) is 9.59 Å². The molecule has 1 aliphatic heterocycles. The molecule has 8 nitrogen and oxygen atoms in total. The summed E-state index contributed by atoms with van der Waals surface area (Å²) in [5.41, 5.74) is 0. The van der Waals surface area contributed by atoms with E-state index in [-0.39, 0.29) is 12.5 Å². The van der Waals surface area contributed by atoms with Crippen LogP contribution in [-0.4, -0.2) is 69.4 Å². The maximum absolute atomic E-state index is 12.0. The molecule has 1 fully saturated rings. The van der Waals surface area contributed by atoms with Gasteiger partial charge in [-0.2, -0.15) is 5.10 Å². The maximum atomic E-state index is 12.0. The van der Waals surface area contributed by atoms with Crippen LogP contribution < -0.4 is 5.32 Å². The Labute approximate surface area is 117 Å². The Morgan fingerprint density at radius 2 is 2.05 bits per heavy atom. The number of hydrogen-bond acceptors (Lipinski definition) is 4. The average molecular weight is 281 g/mol. The molecule has 2 heterocycles. The Hall–Kier alpha value is -2.09. The summed E-state index contributed by atoms with van der Waals surface area (Å²) in [7, 11) is 1.79. The van der Waals surface area contributed by atoms with E-state index in [1.54, 1.807) is 28.9 Å². The van der Waals surface area contributed by atoms with Crippen molar-refractivity contribution < 1.29 is 14.7 Å². The topological polar surface area (TPSA) is 90.7 Å². The second-order valence-electron chi connectivity index (χ2n) is 4.78. The van der Waals surface area contributed by atoms with Gasteiger partial charge in [0.15, 0.2) is 5.82 Å². The summed E-state index contributed by atoms with van der Waals surface area (Å²) in [5.74, 6) is -0.258. The highest BCUT2D eigenvalue weighted by atomic mass is 16.4. The zero-order valence-corrected chi connectivity index (χ0v) is 11.4. The van der Waals surface area contributed by atoms with E-state index in [4.69, 9.17) is 5.11 Å². The van der Waals surface area contributed by atoms with E-state index in [2.05, 4.69) is 15.3 Å². The second-order valence-corrected chi connectivity index (χ2v) is 4.78. The maximum Gasteiger partial charge on any atom is 0.323 e. The van der Waals surface area contributed by atoms with Gasteiger partial charge in [0.05, 0.1) is 6.42 Å². The van der Waals surface area contributed by atoms with Crippen LogP contribution in [0.4, 0.5) is 10.6 Å². The van der Waals surface area contributed by atoms with Gasteiger partial charge in [0.25, 0.3) is 0 Å². The lowest BCUT2D eigenvalue weighted by Gasteiger charge is -2.34. The molecule has 110 valence electrons. The largest absolute Gasteiger partial charge is 0.481 e. The van der Waals surface area contributed by atoms with Gasteiger partial charge in [-0.1, -0.05) is 0 Å². The standard InChI is InChI=1S/C12H19N5O3/c1-15-4-2-10(14-15)13-12(20)17-8-6-16(7-9-17)5-3-11(18)19/h2,4H,3,5-9H2,1H3,(H,18,19)(H,13,14,20). The molecular formula is C12H19N5O3. The summed E-state index contributed by atoms with van der Waals surface area (Å²) >= 11 is 0. The lowest BCUT2D eigenvalue weighted by atomic mass is 10.3. The van der Waals surface area contributed by atoms with Gasteiger partial charge in [0, 0.05) is 52.0 Å². The highest BCUT2D eigenvalue weighted by Crippen LogP contribution is 2.07. The molecule has 20 heavy (non-hydrogen) atoms. The van der Waals surface area contributed by atoms with Crippen LogP contribution in [-0.2, 0) is 11.8 Å². The van der Waals surface area contributed by atoms with Gasteiger partial charge in [0.2, 0.25) is 0 Å². The molecule has 2 amide bonds. The van der Waals surface area contributed by atoms with Crippen molar-refractivity contribution in [1.82, 2.24) is 19.6 Å². The highest BCUT2D eigenvalue weighted by molar-refractivity contribution is 5.88. The number of aromatic nitrogens is 2. The van der Waals surface area contributed by atoms with Gasteiger partial charge in [-0.05, 0) is 0 Å². The third-order valence-corrected chi connectivity index (χ3v) is 3.25. The molecule has 0 spiro atoms. The fraction of sp³-hybridized carbons (Fsp3) is 0.583. The van der Waals surface area contributed by atoms with Crippen LogP contribution in [0.15, 0.2) is 12.3 Å². The molecule has 2 N–H and O–H groups in total. The Morgan fingerprint density at radius 3 is 2.60 bits per heavy atom. The fourth-order valence-corrected chi connectivity index (χ4v) is 2.10. The lowest BCUT2D eigenvalue weighted by molar-refractivity contribution is -0.137. The number of aryl methyl sites for hydroxylation is 1. The molecule has 1 aliphatic rings. The zero-order valence-electron chi connectivity index (χ0n) is 11.4. The molecular weight excluding hydrogens is 262 g/mol. The van der Waals surface area contributed by atoms with Gasteiger partial charge in [-0.15, -0.1) is 0 Å². The number of piperazine rings is 1. The van der Waals surface area contributed by atoms with Crippen molar-refractivity contribution >= 4 is 17.8 Å². The normalized spacial score (nSPS) is 16.1. The average Bonchev–Trinajstić information content (AvgIpc) is 2.82. The number of amides is 2. The number of urea groups is 1. The summed E-state index contributed by atoms with van der Waals surface area (Å²) in [6.07, 6.45) is 1.90. The van der Waals surface area contributed by atoms with Crippen molar-refractivity contribution in [2.45, 2.75) is 6.42 Å². The van der Waals surface area contributed by atoms with E-state index in [1.807, 2.05) is 0 Å². The summed E-state index contributed by atoms with van der Waals surface area (Å²) in [5, 5.41) is 15.5. The van der Waals surface area contributed by atoms with Gasteiger partial charge in [-0.3, -0.25) is 19.7 Å². The number of nitrogens with zero attached hydrogens (tertiary/aromatic N) is 4. The first-order chi connectivity index (χ1) is 9.54. The number of carbonyl (C=O) groups excluding carboxylic acids is 1. The first-order valence-electron chi connectivity index (χ1n) is 6.54. The van der Waals surface area contributed by atoms with Crippen LogP contribution in [0.5, 0.6) is 0 Å². The number of hydrogen-bond donors (Lipinski definition) is 2. The van der Waals surface area contributed by atoms with Gasteiger partial charge >= 0.3 is 12.0 Å². The minimum atomic E-state index is -0.791. The molecule has 1 saturated heterocycles. The molecule has 0 bridgehead atoms. The van der Waals surface area contributed by atoms with Crippen molar-refractivity contribution in [3.05, 3.63) is 12.3 Å². The van der Waals surface area contributed by atoms with Gasteiger partial charge in [-0.25, -0.2) is 4.79 Å². The predicted octanol–water partition coefficient (Wildman–Crippen LogP) is 0.0443. The minimum Gasteiger partial charge on any atom is -0.481 e. The number of anilines is 1. The molecule has 1 aromatic rings. The Balaban J connectivity index is 1.75. The number of carboxylic acids is 1. The predicted molar refractivity (Wildman–Crippen MR) is 72.5 cm³/mol. The number of carbonyl (C=O) groups is 2. The van der Waals surface area contributed by atoms with Crippen molar-refractivity contribution in [2.24, 2.45) is 7.05 Å². The SMILES string of the molecule is Cn1ccc(NC(=O)N2CCN(CCC(=O)O)CC2)n1. The third-order valence-electron chi connectivity index (χ3n) is 3.25. The van der Waals surface area contributed by atoms with Crippen molar-refractivity contribution in [3.8, 4) is 0 Å². The smallest absolute Gasteiger partial charge is 0.323 e. The number of carboxylic acid groups (broad SMARTS) is 1. The van der Waals surface area contributed by atoms with Crippen molar-refractivity contribution in [3.63, 3.8) is 0 Å². The third kappa shape index (κ3) is 3.95. The summed E-state index contributed by atoms with van der Waals surface area (Å²) in [6, 6.07) is 1.57. The highest BCUT2D eigenvalue weighted by Gasteiger charge is 2.21. The Bertz CT molecular complexity index is 479. The first kappa shape index (κ1) is 14.3. The Kier molecular flexibility index (Phi) is 4.57. The number of rotatable bonds is 4. The summed E-state index contributed by atoms with van der Waals surface area (Å²) in [6.45, 7) is 3.12. The summed E-state index contributed by atoms with van der Waals surface area (Å²) in [4.78, 5) is 26.3. The molecule has 0 saturated carbocycles. The van der Waals surface area contributed by atoms with Gasteiger partial charge < -0.3 is 10.0 Å². The van der Waals surface area contributed by atoms with Crippen molar-refractivity contribution in [1.29, 1.82) is 0 Å². The second kappa shape index (κ2) is 6.38. The molecule has 0 atom stereocenters. The molecule has 1 aromatic heterocycles. The van der Waals surface area contributed by atoms with E-state index < -0.39 is 5.97 Å². The Morgan fingerprint density at radius 1 is 1.35 bits per heavy atom. The quantitative estimate of drug-likeness (QED) is 0.813. The van der Waals surface area contributed by atoms with E-state index in [1.165, 1.54) is 0 Å². The minimum absolute atomic E-state index is 0.139. The molecule has 0 radical (unpaired) electrons. The van der Waals surface area contributed by atoms with Gasteiger partial charge in [0.1, 0.15) is 0 Å². The number of aliphatic carboxylic acids is 1. The number of nitrogens with one attached hydrogen (secondary N) is 1. The fourth-order valence-electron chi connectivity index (χ4n) is 2.10. The van der Waals surface area contributed by atoms with Crippen LogP contribution in [0.2, 0.25) is 0 Å². The van der Waals surface area contributed by atoms with E-state index >= 15 is 0 Å². The van der Waals surface area contributed by atoms with Crippen LogP contribution in [0.3, 0.4) is 0 Å².